The molecule has 5 nitrogen and oxygen atoms in total. The van der Waals surface area contributed by atoms with Crippen LogP contribution in [0.4, 0.5) is 5.69 Å². The summed E-state index contributed by atoms with van der Waals surface area (Å²) in [5.74, 6) is -0.0781. The normalized spacial score (nSPS) is 24.5. The number of hydrogen-bond acceptors (Lipinski definition) is 4. The first-order chi connectivity index (χ1) is 13.4. The quantitative estimate of drug-likeness (QED) is 0.769. The van der Waals surface area contributed by atoms with E-state index in [1.165, 1.54) is 17.3 Å². The number of rotatable bonds is 3. The van der Waals surface area contributed by atoms with Gasteiger partial charge in [0.15, 0.2) is 15.0 Å². The van der Waals surface area contributed by atoms with Crippen molar-refractivity contribution < 1.29 is 13.2 Å². The number of carbonyl (C=O) groups is 1. The fraction of sp³-hybridized carbons (Fsp3) is 0.333. The molecule has 2 aromatic rings. The first kappa shape index (κ1) is 19.2. The highest BCUT2D eigenvalue weighted by atomic mass is 32.2. The molecule has 146 valence electrons. The smallest absolute Gasteiger partial charge is 0.279 e. The van der Waals surface area contributed by atoms with Crippen molar-refractivity contribution in [3.8, 4) is 0 Å². The van der Waals surface area contributed by atoms with E-state index in [0.29, 0.717) is 10.7 Å². The van der Waals surface area contributed by atoms with Crippen LogP contribution in [-0.2, 0) is 16.3 Å². The minimum absolute atomic E-state index is 0.0951. The second-order valence-corrected chi connectivity index (χ2v) is 10.6. The van der Waals surface area contributed by atoms with Crippen LogP contribution in [0.2, 0.25) is 0 Å². The third-order valence-corrected chi connectivity index (χ3v) is 8.36. The van der Waals surface area contributed by atoms with Crippen molar-refractivity contribution in [3.63, 3.8) is 0 Å². The summed E-state index contributed by atoms with van der Waals surface area (Å²) >= 11 is 1.40. The fourth-order valence-electron chi connectivity index (χ4n) is 3.69. The van der Waals surface area contributed by atoms with Crippen LogP contribution >= 0.6 is 11.8 Å². The fourth-order valence-corrected chi connectivity index (χ4v) is 7.60. The number of aryl methyl sites for hydroxylation is 2. The number of nitrogens with zero attached hydrogens (tertiary/aromatic N) is 2. The van der Waals surface area contributed by atoms with E-state index in [4.69, 9.17) is 0 Å². The van der Waals surface area contributed by atoms with Crippen LogP contribution in [0.5, 0.6) is 0 Å². The molecule has 0 saturated carbocycles. The highest BCUT2D eigenvalue weighted by Gasteiger charge is 2.49. The Morgan fingerprint density at radius 2 is 1.93 bits per heavy atom. The van der Waals surface area contributed by atoms with Crippen LogP contribution in [-0.4, -0.2) is 42.3 Å². The summed E-state index contributed by atoms with van der Waals surface area (Å²) in [6.07, 6.45) is 0.933. The van der Waals surface area contributed by atoms with Gasteiger partial charge in [-0.05, 0) is 43.2 Å². The number of sulfone groups is 1. The van der Waals surface area contributed by atoms with Gasteiger partial charge in [-0.2, -0.15) is 4.99 Å². The van der Waals surface area contributed by atoms with Crippen molar-refractivity contribution >= 4 is 38.4 Å². The first-order valence-corrected chi connectivity index (χ1v) is 12.0. The third kappa shape index (κ3) is 3.73. The van der Waals surface area contributed by atoms with Crippen LogP contribution in [0.15, 0.2) is 53.5 Å². The van der Waals surface area contributed by atoms with E-state index in [1.807, 2.05) is 54.3 Å². The van der Waals surface area contributed by atoms with Crippen molar-refractivity contribution in [2.24, 2.45) is 4.99 Å². The van der Waals surface area contributed by atoms with Gasteiger partial charge in [-0.3, -0.25) is 4.79 Å². The van der Waals surface area contributed by atoms with E-state index in [-0.39, 0.29) is 28.7 Å². The average Bonchev–Trinajstić information content (AvgIpc) is 3.12. The van der Waals surface area contributed by atoms with E-state index >= 15 is 0 Å². The number of carbonyl (C=O) groups excluding carboxylic acids is 1. The van der Waals surface area contributed by atoms with Crippen molar-refractivity contribution in [3.05, 3.63) is 65.2 Å². The highest BCUT2D eigenvalue weighted by Crippen LogP contribution is 2.41. The minimum atomic E-state index is -3.07. The molecule has 0 radical (unpaired) electrons. The van der Waals surface area contributed by atoms with Gasteiger partial charge in [0.05, 0.1) is 17.5 Å². The zero-order chi connectivity index (χ0) is 19.9. The van der Waals surface area contributed by atoms with Gasteiger partial charge >= 0.3 is 0 Å². The summed E-state index contributed by atoms with van der Waals surface area (Å²) in [7, 11) is -3.07. The Labute approximate surface area is 169 Å². The number of fused-ring (bicyclic) bond motifs is 1. The first-order valence-electron chi connectivity index (χ1n) is 9.31. The van der Waals surface area contributed by atoms with Crippen molar-refractivity contribution in [2.45, 2.75) is 31.6 Å². The maximum atomic E-state index is 12.7. The number of thioether (sulfide) groups is 1. The van der Waals surface area contributed by atoms with Gasteiger partial charge in [-0.1, -0.05) is 48.5 Å². The molecule has 0 spiro atoms. The predicted octanol–water partition coefficient (Wildman–Crippen LogP) is 3.47. The second-order valence-electron chi connectivity index (χ2n) is 7.26. The average molecular weight is 415 g/mol. The lowest BCUT2D eigenvalue weighted by Gasteiger charge is -2.24. The number of amidine groups is 1. The molecule has 0 aliphatic carbocycles. The number of anilines is 1. The molecule has 28 heavy (non-hydrogen) atoms. The lowest BCUT2D eigenvalue weighted by atomic mass is 10.1. The number of amides is 1. The lowest BCUT2D eigenvalue weighted by Crippen LogP contribution is -2.37. The van der Waals surface area contributed by atoms with Crippen LogP contribution in [0.1, 0.15) is 28.4 Å². The summed E-state index contributed by atoms with van der Waals surface area (Å²) in [6, 6.07) is 15.2. The molecular weight excluding hydrogens is 392 g/mol. The SMILES string of the molecule is CCc1ccc(N2C(=NC(=O)c3cccc(C)c3)S[C@H]3CS(=O)(=O)C[C@H]32)cc1. The van der Waals surface area contributed by atoms with Crippen LogP contribution < -0.4 is 4.90 Å². The molecule has 0 bridgehead atoms. The summed E-state index contributed by atoms with van der Waals surface area (Å²) in [5.41, 5.74) is 3.63. The summed E-state index contributed by atoms with van der Waals surface area (Å²) in [5, 5.41) is 0.487. The molecule has 2 aliphatic rings. The van der Waals surface area contributed by atoms with Gasteiger partial charge in [-0.25, -0.2) is 8.42 Å². The molecule has 0 unspecified atom stereocenters. The maximum absolute atomic E-state index is 12.7. The molecule has 1 amide bonds. The topological polar surface area (TPSA) is 66.8 Å². The van der Waals surface area contributed by atoms with E-state index in [0.717, 1.165) is 17.7 Å². The molecule has 2 heterocycles. The van der Waals surface area contributed by atoms with Crippen LogP contribution in [0.3, 0.4) is 0 Å². The molecule has 2 atom stereocenters. The van der Waals surface area contributed by atoms with E-state index in [2.05, 4.69) is 11.9 Å². The number of aliphatic imine (C=N–C) groups is 1. The van der Waals surface area contributed by atoms with Crippen molar-refractivity contribution in [2.75, 3.05) is 16.4 Å². The molecule has 0 aromatic heterocycles. The van der Waals surface area contributed by atoms with E-state index in [1.54, 1.807) is 6.07 Å². The molecular formula is C21H22N2O3S2. The van der Waals surface area contributed by atoms with Gasteiger partial charge < -0.3 is 4.90 Å². The zero-order valence-corrected chi connectivity index (χ0v) is 17.5. The summed E-state index contributed by atoms with van der Waals surface area (Å²) < 4.78 is 24.3. The Hall–Kier alpha value is -2.12. The van der Waals surface area contributed by atoms with Crippen molar-refractivity contribution in [1.82, 2.24) is 0 Å². The van der Waals surface area contributed by atoms with E-state index < -0.39 is 9.84 Å². The molecule has 2 aromatic carbocycles. The Balaban J connectivity index is 1.71. The molecule has 2 fully saturated rings. The predicted molar refractivity (Wildman–Crippen MR) is 115 cm³/mol. The standard InChI is InChI=1S/C21H22N2O3S2/c1-3-15-7-9-17(10-8-15)23-18-12-28(25,26)13-19(18)27-21(23)22-20(24)16-6-4-5-14(2)11-16/h4-11,18-19H,3,12-13H2,1-2H3/t18-,19+/m1/s1. The molecule has 0 N–H and O–H groups in total. The second kappa shape index (κ2) is 7.37. The lowest BCUT2D eigenvalue weighted by molar-refractivity contribution is 0.100. The number of benzene rings is 2. The van der Waals surface area contributed by atoms with Crippen LogP contribution in [0, 0.1) is 6.92 Å². The van der Waals surface area contributed by atoms with Crippen LogP contribution in [0.25, 0.3) is 0 Å². The molecule has 7 heteroatoms. The maximum Gasteiger partial charge on any atom is 0.279 e. The van der Waals surface area contributed by atoms with Gasteiger partial charge in [0.25, 0.3) is 5.91 Å². The molecule has 4 rings (SSSR count). The van der Waals surface area contributed by atoms with Gasteiger partial charge in [0, 0.05) is 16.5 Å². The summed E-state index contributed by atoms with van der Waals surface area (Å²) in [4.78, 5) is 19.1. The molecule has 2 saturated heterocycles. The monoisotopic (exact) mass is 414 g/mol. The Morgan fingerprint density at radius 3 is 2.61 bits per heavy atom. The highest BCUT2D eigenvalue weighted by molar-refractivity contribution is 8.16. The Morgan fingerprint density at radius 1 is 1.18 bits per heavy atom. The minimum Gasteiger partial charge on any atom is -0.316 e. The number of hydrogen-bond donors (Lipinski definition) is 0. The van der Waals surface area contributed by atoms with Gasteiger partial charge in [0.1, 0.15) is 0 Å². The third-order valence-electron chi connectivity index (χ3n) is 5.15. The van der Waals surface area contributed by atoms with Crippen molar-refractivity contribution in [1.29, 1.82) is 0 Å². The van der Waals surface area contributed by atoms with Gasteiger partial charge in [0.2, 0.25) is 0 Å². The Bertz CT molecular complexity index is 1050. The molecule has 2 aliphatic heterocycles. The zero-order valence-electron chi connectivity index (χ0n) is 15.8. The van der Waals surface area contributed by atoms with E-state index in [9.17, 15) is 13.2 Å². The Kier molecular flexibility index (Phi) is 5.05. The van der Waals surface area contributed by atoms with Gasteiger partial charge in [-0.15, -0.1) is 0 Å². The summed E-state index contributed by atoms with van der Waals surface area (Å²) in [6.45, 7) is 4.03. The largest absolute Gasteiger partial charge is 0.316 e.